The molecule has 0 saturated heterocycles. The molecule has 0 aromatic heterocycles. The number of phenolic OH excluding ortho intramolecular Hbond substituents is 1. The van der Waals surface area contributed by atoms with Crippen LogP contribution < -0.4 is 10.2 Å². The minimum atomic E-state index is -0.304. The molecule has 0 aliphatic carbocycles. The number of nitrogens with zero attached hydrogens (tertiary/aromatic N) is 1. The van der Waals surface area contributed by atoms with Gasteiger partial charge in [-0.05, 0) is 43.3 Å². The molecule has 0 unspecified atom stereocenters. The van der Waals surface area contributed by atoms with E-state index >= 15 is 0 Å². The van der Waals surface area contributed by atoms with Crippen LogP contribution in [0.25, 0.3) is 0 Å². The molecule has 104 valence electrons. The molecular formula is C15H15FN2O2. The summed E-state index contributed by atoms with van der Waals surface area (Å²) in [7, 11) is 0. The van der Waals surface area contributed by atoms with Crippen LogP contribution in [0.3, 0.4) is 0 Å². The molecule has 2 N–H and O–H groups in total. The van der Waals surface area contributed by atoms with E-state index in [1.54, 1.807) is 30.3 Å². The van der Waals surface area contributed by atoms with Gasteiger partial charge in [0.1, 0.15) is 5.82 Å². The zero-order valence-electron chi connectivity index (χ0n) is 11.0. The number of hydrazone groups is 1. The van der Waals surface area contributed by atoms with Crippen LogP contribution in [0.1, 0.15) is 12.5 Å². The van der Waals surface area contributed by atoms with Gasteiger partial charge in [-0.2, -0.15) is 5.10 Å². The van der Waals surface area contributed by atoms with Gasteiger partial charge >= 0.3 is 0 Å². The highest BCUT2D eigenvalue weighted by Crippen LogP contribution is 2.28. The van der Waals surface area contributed by atoms with E-state index in [-0.39, 0.29) is 11.6 Å². The minimum absolute atomic E-state index is 0.0407. The zero-order chi connectivity index (χ0) is 14.4. The standard InChI is InChI=1S/C15H15FN2O2/c1-2-20-14-5-3-4-11(15(14)19)10-17-18-13-8-6-12(16)7-9-13/h3-10,18-19H,2H2,1H3/b17-10+. The molecule has 0 aliphatic heterocycles. The predicted octanol–water partition coefficient (Wildman–Crippen LogP) is 3.38. The number of ether oxygens (including phenoxy) is 1. The van der Waals surface area contributed by atoms with Crippen LogP contribution in [0.2, 0.25) is 0 Å². The Morgan fingerprint density at radius 3 is 2.70 bits per heavy atom. The van der Waals surface area contributed by atoms with Crippen molar-refractivity contribution in [1.29, 1.82) is 0 Å². The number of hydrogen-bond acceptors (Lipinski definition) is 4. The number of para-hydroxylation sites is 1. The molecule has 0 fully saturated rings. The Morgan fingerprint density at radius 2 is 2.00 bits per heavy atom. The van der Waals surface area contributed by atoms with Gasteiger partial charge in [0.2, 0.25) is 0 Å². The molecule has 0 radical (unpaired) electrons. The minimum Gasteiger partial charge on any atom is -0.504 e. The van der Waals surface area contributed by atoms with E-state index in [0.717, 1.165) is 0 Å². The van der Waals surface area contributed by atoms with Crippen molar-refractivity contribution in [2.75, 3.05) is 12.0 Å². The Labute approximate surface area is 116 Å². The van der Waals surface area contributed by atoms with Gasteiger partial charge in [0.15, 0.2) is 11.5 Å². The quantitative estimate of drug-likeness (QED) is 0.649. The van der Waals surface area contributed by atoms with E-state index in [1.807, 2.05) is 6.92 Å². The van der Waals surface area contributed by atoms with E-state index in [2.05, 4.69) is 10.5 Å². The molecule has 0 bridgehead atoms. The first-order valence-electron chi connectivity index (χ1n) is 6.20. The van der Waals surface area contributed by atoms with Crippen molar-refractivity contribution in [1.82, 2.24) is 0 Å². The average molecular weight is 274 g/mol. The van der Waals surface area contributed by atoms with Gasteiger partial charge in [0, 0.05) is 5.56 Å². The number of hydrogen-bond donors (Lipinski definition) is 2. The fourth-order valence-electron chi connectivity index (χ4n) is 1.62. The molecule has 5 heteroatoms. The smallest absolute Gasteiger partial charge is 0.166 e. The summed E-state index contributed by atoms with van der Waals surface area (Å²) >= 11 is 0. The lowest BCUT2D eigenvalue weighted by molar-refractivity contribution is 0.318. The molecule has 0 heterocycles. The second-order valence-corrected chi connectivity index (χ2v) is 4.00. The van der Waals surface area contributed by atoms with Crippen LogP contribution in [0.4, 0.5) is 10.1 Å². The van der Waals surface area contributed by atoms with Crippen LogP contribution >= 0.6 is 0 Å². The molecule has 0 spiro atoms. The second kappa shape index (κ2) is 6.56. The fraction of sp³-hybridized carbons (Fsp3) is 0.133. The SMILES string of the molecule is CCOc1cccc(/C=N/Nc2ccc(F)cc2)c1O. The average Bonchev–Trinajstić information content (AvgIpc) is 2.45. The summed E-state index contributed by atoms with van der Waals surface area (Å²) in [5.74, 6) is 0.152. The number of nitrogens with one attached hydrogen (secondary N) is 1. The first-order chi connectivity index (χ1) is 9.70. The van der Waals surface area contributed by atoms with Gasteiger partial charge < -0.3 is 9.84 Å². The van der Waals surface area contributed by atoms with Crippen molar-refractivity contribution in [3.05, 3.63) is 53.8 Å². The van der Waals surface area contributed by atoms with Crippen LogP contribution in [0, 0.1) is 5.82 Å². The van der Waals surface area contributed by atoms with E-state index in [4.69, 9.17) is 4.74 Å². The second-order valence-electron chi connectivity index (χ2n) is 4.00. The van der Waals surface area contributed by atoms with Crippen molar-refractivity contribution >= 4 is 11.9 Å². The van der Waals surface area contributed by atoms with Gasteiger partial charge in [0.25, 0.3) is 0 Å². The predicted molar refractivity (Wildman–Crippen MR) is 76.9 cm³/mol. The highest BCUT2D eigenvalue weighted by Gasteiger charge is 2.05. The van der Waals surface area contributed by atoms with Crippen molar-refractivity contribution in [2.45, 2.75) is 6.92 Å². The molecule has 4 nitrogen and oxygen atoms in total. The maximum Gasteiger partial charge on any atom is 0.166 e. The molecule has 0 aliphatic rings. The molecule has 0 atom stereocenters. The van der Waals surface area contributed by atoms with E-state index in [1.165, 1.54) is 18.3 Å². The van der Waals surface area contributed by atoms with E-state index in [9.17, 15) is 9.50 Å². The lowest BCUT2D eigenvalue weighted by Gasteiger charge is -2.07. The molecule has 0 amide bonds. The normalized spacial score (nSPS) is 10.7. The number of halogens is 1. The van der Waals surface area contributed by atoms with Gasteiger partial charge in [-0.1, -0.05) is 6.07 Å². The summed E-state index contributed by atoms with van der Waals surface area (Å²) in [5, 5.41) is 14.0. The highest BCUT2D eigenvalue weighted by atomic mass is 19.1. The maximum atomic E-state index is 12.7. The Kier molecular flexibility index (Phi) is 4.55. The fourth-order valence-corrected chi connectivity index (χ4v) is 1.62. The molecule has 2 rings (SSSR count). The van der Waals surface area contributed by atoms with E-state index in [0.29, 0.717) is 23.6 Å². The zero-order valence-corrected chi connectivity index (χ0v) is 11.0. The Balaban J connectivity index is 2.07. The number of benzene rings is 2. The van der Waals surface area contributed by atoms with Crippen molar-refractivity contribution < 1.29 is 14.2 Å². The van der Waals surface area contributed by atoms with Gasteiger partial charge in [-0.25, -0.2) is 4.39 Å². The van der Waals surface area contributed by atoms with Crippen molar-refractivity contribution in [2.24, 2.45) is 5.10 Å². The summed E-state index contributed by atoms with van der Waals surface area (Å²) in [6, 6.07) is 11.0. The lowest BCUT2D eigenvalue weighted by Crippen LogP contribution is -1.95. The molecular weight excluding hydrogens is 259 g/mol. The highest BCUT2D eigenvalue weighted by molar-refractivity contribution is 5.85. The first-order valence-corrected chi connectivity index (χ1v) is 6.20. The van der Waals surface area contributed by atoms with Crippen LogP contribution in [-0.2, 0) is 0 Å². The number of anilines is 1. The van der Waals surface area contributed by atoms with Gasteiger partial charge in [0.05, 0.1) is 18.5 Å². The summed E-state index contributed by atoms with van der Waals surface area (Å²) in [6.45, 7) is 2.32. The Hall–Kier alpha value is -2.56. The summed E-state index contributed by atoms with van der Waals surface area (Å²) in [5.41, 5.74) is 3.94. The third kappa shape index (κ3) is 3.47. The third-order valence-electron chi connectivity index (χ3n) is 2.57. The van der Waals surface area contributed by atoms with Crippen LogP contribution in [0.15, 0.2) is 47.6 Å². The molecule has 2 aromatic carbocycles. The number of aromatic hydroxyl groups is 1. The van der Waals surface area contributed by atoms with Crippen molar-refractivity contribution in [3.63, 3.8) is 0 Å². The maximum absolute atomic E-state index is 12.7. The topological polar surface area (TPSA) is 53.8 Å². The van der Waals surface area contributed by atoms with Crippen LogP contribution in [0.5, 0.6) is 11.5 Å². The Bertz CT molecular complexity index is 597. The Morgan fingerprint density at radius 1 is 1.25 bits per heavy atom. The van der Waals surface area contributed by atoms with Gasteiger partial charge in [-0.3, -0.25) is 5.43 Å². The third-order valence-corrected chi connectivity index (χ3v) is 2.57. The number of rotatable bonds is 5. The summed E-state index contributed by atoms with van der Waals surface area (Å²) in [4.78, 5) is 0. The van der Waals surface area contributed by atoms with E-state index < -0.39 is 0 Å². The number of phenols is 1. The first kappa shape index (κ1) is 13.9. The summed E-state index contributed by atoms with van der Waals surface area (Å²) in [6.07, 6.45) is 1.47. The lowest BCUT2D eigenvalue weighted by atomic mass is 10.2. The molecule has 0 saturated carbocycles. The summed E-state index contributed by atoms with van der Waals surface area (Å²) < 4.78 is 18.0. The molecule has 20 heavy (non-hydrogen) atoms. The molecule has 2 aromatic rings. The largest absolute Gasteiger partial charge is 0.504 e. The van der Waals surface area contributed by atoms with Crippen LogP contribution in [-0.4, -0.2) is 17.9 Å². The van der Waals surface area contributed by atoms with Crippen molar-refractivity contribution in [3.8, 4) is 11.5 Å². The monoisotopic (exact) mass is 274 g/mol. The van der Waals surface area contributed by atoms with Gasteiger partial charge in [-0.15, -0.1) is 0 Å².